The van der Waals surface area contributed by atoms with E-state index in [9.17, 15) is 28.8 Å². The first kappa shape index (κ1) is 26.5. The molecule has 1 unspecified atom stereocenters. The van der Waals surface area contributed by atoms with Crippen LogP contribution in [0.2, 0.25) is 0 Å². The van der Waals surface area contributed by atoms with E-state index in [0.717, 1.165) is 10.5 Å². The molecule has 2 aromatic rings. The Morgan fingerprint density at radius 1 is 0.947 bits per heavy atom. The first-order valence-electron chi connectivity index (χ1n) is 12.4. The molecule has 2 aromatic carbocycles. The van der Waals surface area contributed by atoms with Crippen LogP contribution in [0.15, 0.2) is 48.5 Å². The zero-order chi connectivity index (χ0) is 27.1. The van der Waals surface area contributed by atoms with Crippen LogP contribution < -0.4 is 16.0 Å². The minimum absolute atomic E-state index is 0.0256. The van der Waals surface area contributed by atoms with Crippen molar-refractivity contribution in [1.29, 1.82) is 0 Å². The fourth-order valence-corrected chi connectivity index (χ4v) is 4.38. The third kappa shape index (κ3) is 6.23. The lowest BCUT2D eigenvalue weighted by atomic mass is 10.0. The van der Waals surface area contributed by atoms with Crippen molar-refractivity contribution < 1.29 is 33.5 Å². The first-order valence-corrected chi connectivity index (χ1v) is 12.4. The Hall–Kier alpha value is -4.54. The lowest BCUT2D eigenvalue weighted by Gasteiger charge is -2.27. The van der Waals surface area contributed by atoms with Crippen molar-refractivity contribution in [3.8, 4) is 0 Å². The van der Waals surface area contributed by atoms with Crippen molar-refractivity contribution in [2.45, 2.75) is 51.2 Å². The third-order valence-electron chi connectivity index (χ3n) is 6.30. The molecule has 198 valence electrons. The number of piperidine rings is 1. The molecular formula is C27H28N4O7. The molecule has 11 nitrogen and oxygen atoms in total. The number of carbonyl (C=O) groups is 6. The van der Waals surface area contributed by atoms with E-state index in [1.807, 2.05) is 30.3 Å². The summed E-state index contributed by atoms with van der Waals surface area (Å²) in [6.45, 7) is 0.601. The van der Waals surface area contributed by atoms with E-state index in [0.29, 0.717) is 25.8 Å². The summed E-state index contributed by atoms with van der Waals surface area (Å²) >= 11 is 0. The summed E-state index contributed by atoms with van der Waals surface area (Å²) in [6.07, 6.45) is 1.64. The second-order valence-electron chi connectivity index (χ2n) is 9.02. The minimum Gasteiger partial charge on any atom is -0.445 e. The van der Waals surface area contributed by atoms with E-state index >= 15 is 0 Å². The van der Waals surface area contributed by atoms with Crippen LogP contribution in [0.3, 0.4) is 0 Å². The van der Waals surface area contributed by atoms with Crippen LogP contribution in [0, 0.1) is 0 Å². The molecule has 4 rings (SSSR count). The number of imide groups is 2. The van der Waals surface area contributed by atoms with Gasteiger partial charge in [0, 0.05) is 19.4 Å². The molecular weight excluding hydrogens is 492 g/mol. The summed E-state index contributed by atoms with van der Waals surface area (Å²) in [6, 6.07) is 12.8. The Bertz CT molecular complexity index is 1260. The Balaban J connectivity index is 1.21. The van der Waals surface area contributed by atoms with Gasteiger partial charge in [-0.1, -0.05) is 42.8 Å². The number of anilines is 1. The predicted octanol–water partition coefficient (Wildman–Crippen LogP) is 2.51. The van der Waals surface area contributed by atoms with E-state index < -0.39 is 35.8 Å². The molecule has 0 radical (unpaired) electrons. The van der Waals surface area contributed by atoms with Gasteiger partial charge >= 0.3 is 6.09 Å². The topological polar surface area (TPSA) is 151 Å². The van der Waals surface area contributed by atoms with Crippen LogP contribution in [0.1, 0.15) is 64.8 Å². The summed E-state index contributed by atoms with van der Waals surface area (Å²) in [7, 11) is 0. The maximum atomic E-state index is 13.1. The van der Waals surface area contributed by atoms with Crippen molar-refractivity contribution in [2.75, 3.05) is 11.9 Å². The molecule has 0 bridgehead atoms. The fraction of sp³-hybridized carbons (Fsp3) is 0.333. The van der Waals surface area contributed by atoms with E-state index in [1.165, 1.54) is 12.1 Å². The largest absolute Gasteiger partial charge is 0.445 e. The first-order chi connectivity index (χ1) is 18.3. The monoisotopic (exact) mass is 520 g/mol. The fourth-order valence-electron chi connectivity index (χ4n) is 4.38. The summed E-state index contributed by atoms with van der Waals surface area (Å²) in [5.74, 6) is -2.78. The van der Waals surface area contributed by atoms with Crippen LogP contribution in [0.5, 0.6) is 0 Å². The maximum Gasteiger partial charge on any atom is 0.407 e. The Labute approximate surface area is 218 Å². The quantitative estimate of drug-likeness (QED) is 0.322. The number of hydrogen-bond donors (Lipinski definition) is 3. The van der Waals surface area contributed by atoms with Crippen molar-refractivity contribution in [2.24, 2.45) is 0 Å². The van der Waals surface area contributed by atoms with E-state index in [4.69, 9.17) is 4.74 Å². The highest BCUT2D eigenvalue weighted by Gasteiger charge is 2.45. The number of nitrogens with zero attached hydrogens (tertiary/aromatic N) is 1. The number of unbranched alkanes of at least 4 members (excludes halogenated alkanes) is 2. The molecule has 2 aliphatic rings. The molecule has 1 saturated heterocycles. The zero-order valence-electron chi connectivity index (χ0n) is 20.7. The highest BCUT2D eigenvalue weighted by atomic mass is 16.5. The number of nitrogens with one attached hydrogen (secondary N) is 3. The summed E-state index contributed by atoms with van der Waals surface area (Å²) in [4.78, 5) is 74.8. The van der Waals surface area contributed by atoms with E-state index in [-0.39, 0.29) is 48.6 Å². The molecule has 11 heteroatoms. The van der Waals surface area contributed by atoms with E-state index in [1.54, 1.807) is 6.07 Å². The number of benzene rings is 2. The van der Waals surface area contributed by atoms with Gasteiger partial charge in [0.2, 0.25) is 17.7 Å². The second kappa shape index (κ2) is 12.1. The van der Waals surface area contributed by atoms with Gasteiger partial charge in [-0.15, -0.1) is 0 Å². The molecule has 0 aromatic heterocycles. The van der Waals surface area contributed by atoms with Crippen molar-refractivity contribution in [3.05, 3.63) is 65.2 Å². The summed E-state index contributed by atoms with van der Waals surface area (Å²) in [5, 5.41) is 7.52. The van der Waals surface area contributed by atoms with Gasteiger partial charge in [-0.2, -0.15) is 0 Å². The second-order valence-corrected chi connectivity index (χ2v) is 9.02. The number of alkyl carbamates (subject to hydrolysis) is 1. The Kier molecular flexibility index (Phi) is 8.47. The van der Waals surface area contributed by atoms with Crippen LogP contribution >= 0.6 is 0 Å². The number of rotatable bonds is 10. The van der Waals surface area contributed by atoms with Gasteiger partial charge in [-0.3, -0.25) is 34.2 Å². The Morgan fingerprint density at radius 2 is 1.74 bits per heavy atom. The highest BCUT2D eigenvalue weighted by molar-refractivity contribution is 6.26. The predicted molar refractivity (Wildman–Crippen MR) is 135 cm³/mol. The number of carbonyl (C=O) groups excluding carboxylic acids is 6. The van der Waals surface area contributed by atoms with Crippen LogP contribution in [-0.2, 0) is 25.7 Å². The van der Waals surface area contributed by atoms with Gasteiger partial charge in [0.25, 0.3) is 11.8 Å². The molecule has 1 fully saturated rings. The third-order valence-corrected chi connectivity index (χ3v) is 6.30. The number of fused-ring (bicyclic) bond motifs is 1. The van der Waals surface area contributed by atoms with Crippen molar-refractivity contribution in [1.82, 2.24) is 15.5 Å². The minimum atomic E-state index is -1.08. The van der Waals surface area contributed by atoms with Gasteiger partial charge in [-0.25, -0.2) is 4.79 Å². The lowest BCUT2D eigenvalue weighted by Crippen LogP contribution is -2.54. The average molecular weight is 521 g/mol. The molecule has 0 saturated carbocycles. The van der Waals surface area contributed by atoms with Gasteiger partial charge in [0.1, 0.15) is 12.6 Å². The van der Waals surface area contributed by atoms with Crippen LogP contribution in [0.4, 0.5) is 10.5 Å². The number of hydrogen-bond acceptors (Lipinski definition) is 7. The molecule has 38 heavy (non-hydrogen) atoms. The lowest BCUT2D eigenvalue weighted by molar-refractivity contribution is -0.136. The molecule has 3 N–H and O–H groups in total. The normalized spacial score (nSPS) is 16.6. The molecule has 1 atom stereocenters. The summed E-state index contributed by atoms with van der Waals surface area (Å²) in [5.41, 5.74) is 1.23. The van der Waals surface area contributed by atoms with Crippen molar-refractivity contribution >= 4 is 41.3 Å². The maximum absolute atomic E-state index is 13.1. The average Bonchev–Trinajstić information content (AvgIpc) is 3.16. The molecule has 0 aliphatic carbocycles. The number of amides is 6. The smallest absolute Gasteiger partial charge is 0.407 e. The van der Waals surface area contributed by atoms with E-state index in [2.05, 4.69) is 16.0 Å². The van der Waals surface area contributed by atoms with Gasteiger partial charge < -0.3 is 15.4 Å². The van der Waals surface area contributed by atoms with Gasteiger partial charge in [0.05, 0.1) is 16.8 Å². The standard InChI is InChI=1S/C27H28N4O7/c32-21(12-5-2-6-15-28-27(37)38-16-17-8-3-1-4-9-17)29-19-11-7-10-18-23(19)26(36)31(25(18)35)20-13-14-22(33)30-24(20)34/h1,3-4,7-11,20H,2,5-6,12-16H2,(H,28,37)(H,29,32)(H,30,33,34). The van der Waals surface area contributed by atoms with Crippen LogP contribution in [0.25, 0.3) is 0 Å². The molecule has 6 amide bonds. The SMILES string of the molecule is O=C1CCC(N2C(=O)c3cccc(NC(=O)CCCCCNC(=O)OCc4ccccc4)c3C2=O)C(=O)N1. The highest BCUT2D eigenvalue weighted by Crippen LogP contribution is 2.32. The number of ether oxygens (including phenoxy) is 1. The van der Waals surface area contributed by atoms with Crippen LogP contribution in [-0.4, -0.2) is 53.1 Å². The van der Waals surface area contributed by atoms with Gasteiger partial charge in [-0.05, 0) is 37.0 Å². The van der Waals surface area contributed by atoms with Gasteiger partial charge in [0.15, 0.2) is 0 Å². The Morgan fingerprint density at radius 3 is 2.50 bits per heavy atom. The molecule has 0 spiro atoms. The molecule has 2 aliphatic heterocycles. The molecule has 2 heterocycles. The summed E-state index contributed by atoms with van der Waals surface area (Å²) < 4.78 is 5.14. The van der Waals surface area contributed by atoms with Crippen molar-refractivity contribution in [3.63, 3.8) is 0 Å². The zero-order valence-corrected chi connectivity index (χ0v) is 20.7.